The van der Waals surface area contributed by atoms with Crippen molar-refractivity contribution in [3.05, 3.63) is 34.4 Å². The van der Waals surface area contributed by atoms with Gasteiger partial charge in [-0.05, 0) is 13.0 Å². The van der Waals surface area contributed by atoms with Crippen LogP contribution in [0.4, 0.5) is 0 Å². The largest absolute Gasteiger partial charge is 0.464 e. The smallest absolute Gasteiger partial charge is 0.261 e. The van der Waals surface area contributed by atoms with Crippen LogP contribution >= 0.6 is 0 Å². The van der Waals surface area contributed by atoms with Crippen LogP contribution in [0.3, 0.4) is 0 Å². The first-order valence-corrected chi connectivity index (χ1v) is 3.74. The lowest BCUT2D eigenvalue weighted by Gasteiger charge is -2.00. The fourth-order valence-electron chi connectivity index (χ4n) is 1.24. The number of fused-ring (bicyclic) bond motifs is 1. The van der Waals surface area contributed by atoms with Crippen LogP contribution in [0, 0.1) is 6.92 Å². The molecule has 0 aliphatic rings. The van der Waals surface area contributed by atoms with Crippen LogP contribution in [0.25, 0.3) is 11.0 Å². The summed E-state index contributed by atoms with van der Waals surface area (Å²) < 4.78 is 6.73. The molecule has 0 atom stereocenters. The summed E-state index contributed by atoms with van der Waals surface area (Å²) in [6.07, 6.45) is 1.53. The molecular formula is C9H9NO2. The van der Waals surface area contributed by atoms with Gasteiger partial charge in [-0.2, -0.15) is 0 Å². The lowest BCUT2D eigenvalue weighted by Crippen LogP contribution is -2.17. The number of hydrogen-bond acceptors (Lipinski definition) is 2. The molecule has 62 valence electrons. The predicted molar refractivity (Wildman–Crippen MR) is 46.2 cm³/mol. The van der Waals surface area contributed by atoms with Gasteiger partial charge in [-0.15, -0.1) is 0 Å². The Morgan fingerprint density at radius 3 is 3.00 bits per heavy atom. The Balaban J connectivity index is 3.05. The zero-order chi connectivity index (χ0) is 8.72. The normalized spacial score (nSPS) is 10.8. The van der Waals surface area contributed by atoms with Crippen molar-refractivity contribution in [1.29, 1.82) is 0 Å². The van der Waals surface area contributed by atoms with Crippen LogP contribution in [0.15, 0.2) is 27.6 Å². The van der Waals surface area contributed by atoms with Gasteiger partial charge in [0.25, 0.3) is 5.56 Å². The molecule has 2 rings (SSSR count). The number of hydrogen-bond donors (Lipinski definition) is 0. The van der Waals surface area contributed by atoms with Crippen molar-refractivity contribution in [3.8, 4) is 0 Å². The summed E-state index contributed by atoms with van der Waals surface area (Å²) >= 11 is 0. The van der Waals surface area contributed by atoms with Crippen LogP contribution in [-0.2, 0) is 7.05 Å². The van der Waals surface area contributed by atoms with E-state index >= 15 is 0 Å². The van der Waals surface area contributed by atoms with Gasteiger partial charge in [0.05, 0.1) is 11.6 Å². The van der Waals surface area contributed by atoms with Gasteiger partial charge in [-0.1, -0.05) is 0 Å². The number of rotatable bonds is 0. The van der Waals surface area contributed by atoms with Crippen molar-refractivity contribution in [3.63, 3.8) is 0 Å². The molecule has 0 aliphatic heterocycles. The maximum Gasteiger partial charge on any atom is 0.261 e. The average Bonchev–Trinajstić information content (AvgIpc) is 2.48. The van der Waals surface area contributed by atoms with Gasteiger partial charge < -0.3 is 8.98 Å². The van der Waals surface area contributed by atoms with Crippen LogP contribution < -0.4 is 5.56 Å². The summed E-state index contributed by atoms with van der Waals surface area (Å²) in [7, 11) is 1.75. The number of pyridine rings is 1. The van der Waals surface area contributed by atoms with Gasteiger partial charge in [0.1, 0.15) is 5.58 Å². The molecule has 0 N–H and O–H groups in total. The molecule has 0 bridgehead atoms. The van der Waals surface area contributed by atoms with Gasteiger partial charge >= 0.3 is 0 Å². The molecule has 2 aromatic rings. The maximum absolute atomic E-state index is 11.5. The van der Waals surface area contributed by atoms with E-state index in [1.54, 1.807) is 17.7 Å². The molecule has 3 heteroatoms. The Hall–Kier alpha value is -1.51. The first-order chi connectivity index (χ1) is 5.70. The van der Waals surface area contributed by atoms with Crippen LogP contribution in [-0.4, -0.2) is 4.57 Å². The minimum absolute atomic E-state index is 0.00116. The molecule has 0 saturated carbocycles. The van der Waals surface area contributed by atoms with Crippen molar-refractivity contribution in [2.75, 3.05) is 0 Å². The second-order valence-corrected chi connectivity index (χ2v) is 2.85. The first kappa shape index (κ1) is 7.16. The topological polar surface area (TPSA) is 35.1 Å². The average molecular weight is 163 g/mol. The first-order valence-electron chi connectivity index (χ1n) is 3.74. The molecule has 0 saturated heterocycles. The quantitative estimate of drug-likeness (QED) is 0.589. The highest BCUT2D eigenvalue weighted by molar-refractivity contribution is 5.76. The van der Waals surface area contributed by atoms with E-state index in [0.717, 1.165) is 5.69 Å². The van der Waals surface area contributed by atoms with Crippen molar-refractivity contribution in [2.45, 2.75) is 6.92 Å². The van der Waals surface area contributed by atoms with E-state index in [9.17, 15) is 4.79 Å². The van der Waals surface area contributed by atoms with Crippen LogP contribution in [0.5, 0.6) is 0 Å². The molecule has 0 unspecified atom stereocenters. The third-order valence-corrected chi connectivity index (χ3v) is 2.10. The van der Waals surface area contributed by atoms with E-state index in [-0.39, 0.29) is 5.56 Å². The zero-order valence-electron chi connectivity index (χ0n) is 7.00. The number of aryl methyl sites for hydroxylation is 1. The minimum atomic E-state index is -0.00116. The van der Waals surface area contributed by atoms with E-state index in [4.69, 9.17) is 4.42 Å². The molecule has 2 heterocycles. The third kappa shape index (κ3) is 0.794. The standard InChI is InChI=1S/C9H9NO2/c1-6-5-8-7(3-4-12-8)9(11)10(6)2/h3-5H,1-2H3. The molecule has 0 fully saturated rings. The second kappa shape index (κ2) is 2.24. The minimum Gasteiger partial charge on any atom is -0.464 e. The van der Waals surface area contributed by atoms with E-state index in [1.165, 1.54) is 6.26 Å². The summed E-state index contributed by atoms with van der Waals surface area (Å²) in [5.41, 5.74) is 1.57. The summed E-state index contributed by atoms with van der Waals surface area (Å²) in [6.45, 7) is 1.88. The number of nitrogens with zero attached hydrogens (tertiary/aromatic N) is 1. The summed E-state index contributed by atoms with van der Waals surface area (Å²) in [6, 6.07) is 3.55. The van der Waals surface area contributed by atoms with Crippen molar-refractivity contribution in [1.82, 2.24) is 4.57 Å². The second-order valence-electron chi connectivity index (χ2n) is 2.85. The van der Waals surface area contributed by atoms with Crippen LogP contribution in [0.1, 0.15) is 5.69 Å². The Morgan fingerprint density at radius 1 is 1.50 bits per heavy atom. The molecule has 0 aliphatic carbocycles. The maximum atomic E-state index is 11.5. The fourth-order valence-corrected chi connectivity index (χ4v) is 1.24. The Bertz CT molecular complexity index is 479. The van der Waals surface area contributed by atoms with Crippen molar-refractivity contribution in [2.24, 2.45) is 7.05 Å². The summed E-state index contributed by atoms with van der Waals surface area (Å²) in [4.78, 5) is 11.5. The lowest BCUT2D eigenvalue weighted by molar-refractivity contribution is 0.613. The fraction of sp³-hybridized carbons (Fsp3) is 0.222. The lowest BCUT2D eigenvalue weighted by atomic mass is 10.3. The van der Waals surface area contributed by atoms with Gasteiger partial charge in [-0.3, -0.25) is 4.79 Å². The van der Waals surface area contributed by atoms with Crippen LogP contribution in [0.2, 0.25) is 0 Å². The zero-order valence-corrected chi connectivity index (χ0v) is 7.00. The molecule has 2 aromatic heterocycles. The molecule has 0 radical (unpaired) electrons. The van der Waals surface area contributed by atoms with E-state index in [2.05, 4.69) is 0 Å². The van der Waals surface area contributed by atoms with Gasteiger partial charge in [-0.25, -0.2) is 0 Å². The monoisotopic (exact) mass is 163 g/mol. The van der Waals surface area contributed by atoms with E-state index in [1.807, 2.05) is 13.0 Å². The highest BCUT2D eigenvalue weighted by Crippen LogP contribution is 2.11. The predicted octanol–water partition coefficient (Wildman–Crippen LogP) is 1.44. The third-order valence-electron chi connectivity index (χ3n) is 2.10. The Morgan fingerprint density at radius 2 is 2.25 bits per heavy atom. The summed E-state index contributed by atoms with van der Waals surface area (Å²) in [5, 5.41) is 0.642. The van der Waals surface area contributed by atoms with Gasteiger partial charge in [0.2, 0.25) is 0 Å². The van der Waals surface area contributed by atoms with Gasteiger partial charge in [0.15, 0.2) is 0 Å². The van der Waals surface area contributed by atoms with Gasteiger partial charge in [0, 0.05) is 18.8 Å². The van der Waals surface area contributed by atoms with Crippen molar-refractivity contribution < 1.29 is 4.42 Å². The molecule has 3 nitrogen and oxygen atoms in total. The number of aromatic nitrogens is 1. The molecule has 0 spiro atoms. The highest BCUT2D eigenvalue weighted by atomic mass is 16.3. The number of furan rings is 1. The highest BCUT2D eigenvalue weighted by Gasteiger charge is 2.04. The molecule has 0 aromatic carbocycles. The Kier molecular flexibility index (Phi) is 1.33. The van der Waals surface area contributed by atoms with Crippen molar-refractivity contribution >= 4 is 11.0 Å². The molecule has 12 heavy (non-hydrogen) atoms. The summed E-state index contributed by atoms with van der Waals surface area (Å²) in [5.74, 6) is 0. The van der Waals surface area contributed by atoms with E-state index in [0.29, 0.717) is 11.0 Å². The SMILES string of the molecule is Cc1cc2occc2c(=O)n1C. The Labute approximate surface area is 69.2 Å². The molecule has 0 amide bonds. The van der Waals surface area contributed by atoms with E-state index < -0.39 is 0 Å². The molecular weight excluding hydrogens is 154 g/mol.